The van der Waals surface area contributed by atoms with Gasteiger partial charge < -0.3 is 18.9 Å². The fourth-order valence-electron chi connectivity index (χ4n) is 5.76. The summed E-state index contributed by atoms with van der Waals surface area (Å²) in [6.45, 7) is 18.8. The van der Waals surface area contributed by atoms with Crippen molar-refractivity contribution < 1.29 is 18.9 Å². The summed E-state index contributed by atoms with van der Waals surface area (Å²) in [6.07, 6.45) is 12.7. The minimum atomic E-state index is -0.132. The first-order valence-electron chi connectivity index (χ1n) is 14.1. The first kappa shape index (κ1) is 30.4. The Morgan fingerprint density at radius 2 is 1.18 bits per heavy atom. The summed E-state index contributed by atoms with van der Waals surface area (Å²) in [4.78, 5) is -0.118. The van der Waals surface area contributed by atoms with Crippen LogP contribution in [0.3, 0.4) is 0 Å². The molecule has 2 atom stereocenters. The molecule has 2 aliphatic carbocycles. The van der Waals surface area contributed by atoms with E-state index in [4.69, 9.17) is 30.5 Å². The summed E-state index contributed by atoms with van der Waals surface area (Å²) in [5.74, 6) is 1.16. The van der Waals surface area contributed by atoms with E-state index >= 15 is 0 Å². The SMILES string of the molecule is CC(C)OCCC(C)OC1CCC(C(C)(Cl)C2CCC(OC(C)(C)CCOC(C)C)CC2)CC1. The number of rotatable bonds is 14. The molecule has 0 amide bonds. The van der Waals surface area contributed by atoms with E-state index in [9.17, 15) is 0 Å². The van der Waals surface area contributed by atoms with E-state index in [0.717, 1.165) is 51.7 Å². The summed E-state index contributed by atoms with van der Waals surface area (Å²) in [5, 5.41) is 0. The lowest BCUT2D eigenvalue weighted by molar-refractivity contribution is -0.106. The second-order valence-corrected chi connectivity index (χ2v) is 13.1. The van der Waals surface area contributed by atoms with Gasteiger partial charge >= 0.3 is 0 Å². The lowest BCUT2D eigenvalue weighted by atomic mass is 9.69. The van der Waals surface area contributed by atoms with Gasteiger partial charge in [-0.1, -0.05) is 0 Å². The van der Waals surface area contributed by atoms with Gasteiger partial charge in [-0.25, -0.2) is 0 Å². The first-order chi connectivity index (χ1) is 15.9. The molecule has 0 radical (unpaired) electrons. The third kappa shape index (κ3) is 10.6. The van der Waals surface area contributed by atoms with Gasteiger partial charge in [0, 0.05) is 18.1 Å². The number of hydrogen-bond acceptors (Lipinski definition) is 4. The third-order valence-corrected chi connectivity index (χ3v) is 8.60. The molecule has 0 aromatic rings. The van der Waals surface area contributed by atoms with E-state index in [1.807, 2.05) is 0 Å². The molecule has 0 aliphatic heterocycles. The highest BCUT2D eigenvalue weighted by molar-refractivity contribution is 6.24. The van der Waals surface area contributed by atoms with Crippen molar-refractivity contribution in [3.63, 3.8) is 0 Å². The summed E-state index contributed by atoms with van der Waals surface area (Å²) >= 11 is 7.31. The van der Waals surface area contributed by atoms with Crippen molar-refractivity contribution in [2.45, 2.75) is 161 Å². The maximum atomic E-state index is 7.31. The van der Waals surface area contributed by atoms with Crippen molar-refractivity contribution in [3.8, 4) is 0 Å². The van der Waals surface area contributed by atoms with E-state index in [0.29, 0.717) is 30.1 Å². The Morgan fingerprint density at radius 3 is 1.68 bits per heavy atom. The predicted molar refractivity (Wildman–Crippen MR) is 143 cm³/mol. The molecule has 0 aromatic carbocycles. The molecule has 0 saturated heterocycles. The summed E-state index contributed by atoms with van der Waals surface area (Å²) in [5.41, 5.74) is -0.132. The van der Waals surface area contributed by atoms with Crippen LogP contribution in [0.1, 0.15) is 120 Å². The van der Waals surface area contributed by atoms with E-state index < -0.39 is 0 Å². The normalized spacial score (nSPS) is 29.4. The van der Waals surface area contributed by atoms with Gasteiger partial charge in [-0.3, -0.25) is 0 Å². The largest absolute Gasteiger partial charge is 0.379 e. The summed E-state index contributed by atoms with van der Waals surface area (Å²) < 4.78 is 24.3. The molecule has 5 heteroatoms. The zero-order valence-electron chi connectivity index (χ0n) is 23.5. The number of halogens is 1. The fourth-order valence-corrected chi connectivity index (χ4v) is 6.20. The van der Waals surface area contributed by atoms with Crippen LogP contribution in [0.2, 0.25) is 0 Å². The zero-order valence-corrected chi connectivity index (χ0v) is 24.3. The highest BCUT2D eigenvalue weighted by Gasteiger charge is 2.43. The Balaban J connectivity index is 1.71. The highest BCUT2D eigenvalue weighted by atomic mass is 35.5. The van der Waals surface area contributed by atoms with Gasteiger partial charge in [0.2, 0.25) is 0 Å². The van der Waals surface area contributed by atoms with E-state index in [2.05, 4.69) is 55.4 Å². The van der Waals surface area contributed by atoms with Crippen LogP contribution in [0.5, 0.6) is 0 Å². The molecule has 202 valence electrons. The Kier molecular flexibility index (Phi) is 12.7. The summed E-state index contributed by atoms with van der Waals surface area (Å²) in [7, 11) is 0. The fraction of sp³-hybridized carbons (Fsp3) is 1.00. The van der Waals surface area contributed by atoms with Crippen LogP contribution >= 0.6 is 11.6 Å². The Labute approximate surface area is 216 Å². The van der Waals surface area contributed by atoms with Gasteiger partial charge in [0.25, 0.3) is 0 Å². The molecule has 34 heavy (non-hydrogen) atoms. The Morgan fingerprint density at radius 1 is 0.706 bits per heavy atom. The van der Waals surface area contributed by atoms with Crippen LogP contribution in [-0.4, -0.2) is 54.2 Å². The van der Waals surface area contributed by atoms with Crippen LogP contribution in [0.4, 0.5) is 0 Å². The van der Waals surface area contributed by atoms with Crippen LogP contribution in [0.15, 0.2) is 0 Å². The molecule has 0 aromatic heterocycles. The minimum absolute atomic E-state index is 0.118. The van der Waals surface area contributed by atoms with Crippen LogP contribution in [0.25, 0.3) is 0 Å². The highest BCUT2D eigenvalue weighted by Crippen LogP contribution is 2.47. The Bertz CT molecular complexity index is 546. The molecule has 2 saturated carbocycles. The standard InChI is InChI=1S/C29H55ClO4/c1-21(2)31-19-17-23(5)33-26-13-9-24(10-14-26)29(8,30)25-11-15-27(16-12-25)34-28(6,7)18-20-32-22(3)4/h21-27H,9-20H2,1-8H3. The molecule has 0 N–H and O–H groups in total. The van der Waals surface area contributed by atoms with Crippen LogP contribution in [-0.2, 0) is 18.9 Å². The zero-order chi connectivity index (χ0) is 25.4. The monoisotopic (exact) mass is 502 g/mol. The lowest BCUT2D eigenvalue weighted by Crippen LogP contribution is -2.43. The summed E-state index contributed by atoms with van der Waals surface area (Å²) in [6, 6.07) is 0. The van der Waals surface area contributed by atoms with Gasteiger partial charge in [-0.05, 0) is 131 Å². The maximum absolute atomic E-state index is 7.31. The second kappa shape index (κ2) is 14.2. The molecule has 4 nitrogen and oxygen atoms in total. The van der Waals surface area contributed by atoms with Crippen molar-refractivity contribution in [1.82, 2.24) is 0 Å². The van der Waals surface area contributed by atoms with Crippen molar-refractivity contribution in [3.05, 3.63) is 0 Å². The smallest absolute Gasteiger partial charge is 0.0652 e. The van der Waals surface area contributed by atoms with E-state index in [1.165, 1.54) is 25.7 Å². The molecule has 2 fully saturated rings. The molecule has 2 rings (SSSR count). The topological polar surface area (TPSA) is 36.9 Å². The predicted octanol–water partition coefficient (Wildman–Crippen LogP) is 7.93. The molecule has 0 heterocycles. The van der Waals surface area contributed by atoms with Crippen molar-refractivity contribution in [1.29, 1.82) is 0 Å². The van der Waals surface area contributed by atoms with Crippen LogP contribution in [0, 0.1) is 11.8 Å². The average molecular weight is 503 g/mol. The second-order valence-electron chi connectivity index (χ2n) is 12.3. The maximum Gasteiger partial charge on any atom is 0.0652 e. The van der Waals surface area contributed by atoms with Gasteiger partial charge in [0.05, 0.1) is 36.1 Å². The van der Waals surface area contributed by atoms with Crippen molar-refractivity contribution in [2.75, 3.05) is 13.2 Å². The van der Waals surface area contributed by atoms with Crippen molar-refractivity contribution >= 4 is 11.6 Å². The Hall–Kier alpha value is 0.130. The molecular weight excluding hydrogens is 448 g/mol. The average Bonchev–Trinajstić information content (AvgIpc) is 2.73. The van der Waals surface area contributed by atoms with Crippen molar-refractivity contribution in [2.24, 2.45) is 11.8 Å². The van der Waals surface area contributed by atoms with Gasteiger partial charge in [-0.15, -0.1) is 11.6 Å². The van der Waals surface area contributed by atoms with E-state index in [-0.39, 0.29) is 22.7 Å². The number of alkyl halides is 1. The molecule has 0 bridgehead atoms. The first-order valence-corrected chi connectivity index (χ1v) is 14.5. The van der Waals surface area contributed by atoms with Crippen LogP contribution < -0.4 is 0 Å². The molecule has 0 spiro atoms. The van der Waals surface area contributed by atoms with Gasteiger partial charge in [-0.2, -0.15) is 0 Å². The quantitative estimate of drug-likeness (QED) is 0.226. The number of ether oxygens (including phenoxy) is 4. The van der Waals surface area contributed by atoms with Gasteiger partial charge in [0.15, 0.2) is 0 Å². The minimum Gasteiger partial charge on any atom is -0.379 e. The molecule has 2 aliphatic rings. The molecular formula is C29H55ClO4. The number of hydrogen-bond donors (Lipinski definition) is 0. The lowest BCUT2D eigenvalue weighted by Gasteiger charge is -2.45. The van der Waals surface area contributed by atoms with E-state index in [1.54, 1.807) is 0 Å². The van der Waals surface area contributed by atoms with Gasteiger partial charge in [0.1, 0.15) is 0 Å². The molecule has 2 unspecified atom stereocenters. The third-order valence-electron chi connectivity index (χ3n) is 7.99.